The van der Waals surface area contributed by atoms with E-state index < -0.39 is 11.7 Å². The molecule has 1 N–H and O–H groups in total. The molecular formula is C20H14BrF3N2S. The SMILES string of the molecule is Br.FC(F)(F)c1cccc(Nc2nc(-c3ccc4ccccc4c3)cs2)c1. The number of hydrogen-bond donors (Lipinski definition) is 1. The van der Waals surface area contributed by atoms with Crippen LogP contribution in [0.15, 0.2) is 72.1 Å². The molecule has 0 fully saturated rings. The van der Waals surface area contributed by atoms with Crippen molar-refractivity contribution >= 4 is 49.9 Å². The standard InChI is InChI=1S/C20H13F3N2S.BrH/c21-20(22,23)16-6-3-7-17(11-16)24-19-25-18(12-26-19)15-9-8-13-4-1-2-5-14(13)10-15;/h1-12H,(H,24,25);1H. The number of anilines is 2. The predicted octanol–water partition coefficient (Wildman–Crippen LogP) is 7.30. The van der Waals surface area contributed by atoms with Crippen LogP contribution in [0.25, 0.3) is 22.0 Å². The molecule has 0 saturated carbocycles. The predicted molar refractivity (Wildman–Crippen MR) is 110 cm³/mol. The summed E-state index contributed by atoms with van der Waals surface area (Å²) in [5.74, 6) is 0. The lowest BCUT2D eigenvalue weighted by Gasteiger charge is -2.09. The van der Waals surface area contributed by atoms with Gasteiger partial charge in [0, 0.05) is 16.6 Å². The highest BCUT2D eigenvalue weighted by atomic mass is 79.9. The first-order chi connectivity index (χ1) is 12.5. The van der Waals surface area contributed by atoms with Gasteiger partial charge in [-0.3, -0.25) is 0 Å². The van der Waals surface area contributed by atoms with E-state index in [2.05, 4.69) is 16.4 Å². The zero-order chi connectivity index (χ0) is 18.1. The summed E-state index contributed by atoms with van der Waals surface area (Å²) in [5, 5.41) is 7.65. The minimum absolute atomic E-state index is 0. The molecule has 4 rings (SSSR count). The van der Waals surface area contributed by atoms with Crippen molar-refractivity contribution in [3.05, 3.63) is 77.7 Å². The Morgan fingerprint density at radius 1 is 0.852 bits per heavy atom. The van der Waals surface area contributed by atoms with E-state index in [1.54, 1.807) is 6.07 Å². The zero-order valence-electron chi connectivity index (χ0n) is 13.8. The van der Waals surface area contributed by atoms with Crippen LogP contribution in [0.4, 0.5) is 24.0 Å². The summed E-state index contributed by atoms with van der Waals surface area (Å²) in [5.41, 5.74) is 1.43. The zero-order valence-corrected chi connectivity index (χ0v) is 16.4. The van der Waals surface area contributed by atoms with Gasteiger partial charge in [-0.05, 0) is 35.0 Å². The largest absolute Gasteiger partial charge is 0.416 e. The normalized spacial score (nSPS) is 11.2. The molecule has 4 aromatic rings. The van der Waals surface area contributed by atoms with Crippen molar-refractivity contribution in [3.8, 4) is 11.3 Å². The van der Waals surface area contributed by atoms with E-state index in [0.29, 0.717) is 10.8 Å². The Hall–Kier alpha value is -2.38. The monoisotopic (exact) mass is 450 g/mol. The van der Waals surface area contributed by atoms with Gasteiger partial charge in [0.25, 0.3) is 0 Å². The summed E-state index contributed by atoms with van der Waals surface area (Å²) in [7, 11) is 0. The van der Waals surface area contributed by atoms with E-state index in [1.807, 2.05) is 41.8 Å². The maximum atomic E-state index is 12.8. The number of thiazole rings is 1. The number of nitrogens with zero attached hydrogens (tertiary/aromatic N) is 1. The Bertz CT molecular complexity index is 1080. The summed E-state index contributed by atoms with van der Waals surface area (Å²) >= 11 is 1.35. The Labute approximate surface area is 168 Å². The van der Waals surface area contributed by atoms with Crippen molar-refractivity contribution in [3.63, 3.8) is 0 Å². The summed E-state index contributed by atoms with van der Waals surface area (Å²) < 4.78 is 38.5. The number of rotatable bonds is 3. The van der Waals surface area contributed by atoms with E-state index in [1.165, 1.54) is 17.4 Å². The number of fused-ring (bicyclic) bond motifs is 1. The van der Waals surface area contributed by atoms with Gasteiger partial charge < -0.3 is 5.32 Å². The van der Waals surface area contributed by atoms with Gasteiger partial charge in [0.2, 0.25) is 0 Å². The van der Waals surface area contributed by atoms with Crippen LogP contribution in [-0.2, 0) is 6.18 Å². The molecule has 7 heteroatoms. The molecule has 0 unspecified atom stereocenters. The molecule has 0 radical (unpaired) electrons. The Morgan fingerprint density at radius 2 is 1.63 bits per heavy atom. The molecule has 0 saturated heterocycles. The second-order valence-corrected chi connectivity index (χ2v) is 6.66. The third-order valence-electron chi connectivity index (χ3n) is 3.99. The quantitative estimate of drug-likeness (QED) is 0.354. The summed E-state index contributed by atoms with van der Waals surface area (Å²) in [6, 6.07) is 19.2. The highest BCUT2D eigenvalue weighted by Crippen LogP contribution is 2.33. The van der Waals surface area contributed by atoms with Crippen LogP contribution in [0.2, 0.25) is 0 Å². The van der Waals surface area contributed by atoms with E-state index in [4.69, 9.17) is 0 Å². The van der Waals surface area contributed by atoms with Crippen molar-refractivity contribution in [2.75, 3.05) is 5.32 Å². The van der Waals surface area contributed by atoms with Gasteiger partial charge >= 0.3 is 6.18 Å². The highest BCUT2D eigenvalue weighted by molar-refractivity contribution is 8.93. The first-order valence-corrected chi connectivity index (χ1v) is 8.76. The molecule has 0 bridgehead atoms. The average Bonchev–Trinajstić information content (AvgIpc) is 3.09. The third kappa shape index (κ3) is 4.31. The lowest BCUT2D eigenvalue weighted by Crippen LogP contribution is -2.05. The molecule has 3 aromatic carbocycles. The number of alkyl halides is 3. The fraction of sp³-hybridized carbons (Fsp3) is 0.0500. The smallest absolute Gasteiger partial charge is 0.332 e. The van der Waals surface area contributed by atoms with Crippen LogP contribution in [0.3, 0.4) is 0 Å². The average molecular weight is 451 g/mol. The molecule has 27 heavy (non-hydrogen) atoms. The van der Waals surface area contributed by atoms with Crippen LogP contribution < -0.4 is 5.32 Å². The topological polar surface area (TPSA) is 24.9 Å². The van der Waals surface area contributed by atoms with Crippen molar-refractivity contribution in [2.45, 2.75) is 6.18 Å². The van der Waals surface area contributed by atoms with Crippen molar-refractivity contribution < 1.29 is 13.2 Å². The van der Waals surface area contributed by atoms with Crippen LogP contribution in [0.1, 0.15) is 5.56 Å². The van der Waals surface area contributed by atoms with E-state index >= 15 is 0 Å². The second kappa shape index (κ2) is 7.70. The van der Waals surface area contributed by atoms with Gasteiger partial charge in [0.15, 0.2) is 5.13 Å². The van der Waals surface area contributed by atoms with E-state index in [0.717, 1.165) is 34.2 Å². The number of hydrogen-bond acceptors (Lipinski definition) is 3. The maximum absolute atomic E-state index is 12.8. The third-order valence-corrected chi connectivity index (χ3v) is 4.75. The van der Waals surface area contributed by atoms with Crippen LogP contribution in [-0.4, -0.2) is 4.98 Å². The molecule has 0 amide bonds. The van der Waals surface area contributed by atoms with Gasteiger partial charge in [-0.15, -0.1) is 28.3 Å². The van der Waals surface area contributed by atoms with Crippen LogP contribution in [0.5, 0.6) is 0 Å². The van der Waals surface area contributed by atoms with Gasteiger partial charge in [0.05, 0.1) is 11.3 Å². The van der Waals surface area contributed by atoms with Crippen molar-refractivity contribution in [1.82, 2.24) is 4.98 Å². The number of nitrogens with one attached hydrogen (secondary N) is 1. The van der Waals surface area contributed by atoms with E-state index in [9.17, 15) is 13.2 Å². The van der Waals surface area contributed by atoms with Crippen molar-refractivity contribution in [2.24, 2.45) is 0 Å². The molecule has 0 aliphatic rings. The Balaban J connectivity index is 0.00000210. The molecule has 1 aromatic heterocycles. The fourth-order valence-corrected chi connectivity index (χ4v) is 3.45. The van der Waals surface area contributed by atoms with Gasteiger partial charge in [-0.1, -0.05) is 42.5 Å². The van der Waals surface area contributed by atoms with Gasteiger partial charge in [0.1, 0.15) is 0 Å². The molecule has 0 spiro atoms. The molecule has 0 aliphatic carbocycles. The van der Waals surface area contributed by atoms with Crippen molar-refractivity contribution in [1.29, 1.82) is 0 Å². The first-order valence-electron chi connectivity index (χ1n) is 7.88. The fourth-order valence-electron chi connectivity index (χ4n) is 2.71. The minimum atomic E-state index is -4.36. The van der Waals surface area contributed by atoms with Crippen LogP contribution >= 0.6 is 28.3 Å². The molecule has 2 nitrogen and oxygen atoms in total. The molecule has 138 valence electrons. The van der Waals surface area contributed by atoms with Gasteiger partial charge in [-0.25, -0.2) is 4.98 Å². The first kappa shape index (κ1) is 19.4. The van der Waals surface area contributed by atoms with Gasteiger partial charge in [-0.2, -0.15) is 13.2 Å². The maximum Gasteiger partial charge on any atom is 0.416 e. The number of benzene rings is 3. The number of aromatic nitrogens is 1. The minimum Gasteiger partial charge on any atom is -0.332 e. The lowest BCUT2D eigenvalue weighted by atomic mass is 10.1. The molecular weight excluding hydrogens is 437 g/mol. The summed E-state index contributed by atoms with van der Waals surface area (Å²) in [6.45, 7) is 0. The molecule has 0 aliphatic heterocycles. The second-order valence-electron chi connectivity index (χ2n) is 5.80. The molecule has 1 heterocycles. The highest BCUT2D eigenvalue weighted by Gasteiger charge is 2.30. The summed E-state index contributed by atoms with van der Waals surface area (Å²) in [4.78, 5) is 4.50. The molecule has 0 atom stereocenters. The Kier molecular flexibility index (Phi) is 5.53. The van der Waals surface area contributed by atoms with Crippen LogP contribution in [0, 0.1) is 0 Å². The Morgan fingerprint density at radius 3 is 2.41 bits per heavy atom. The summed E-state index contributed by atoms with van der Waals surface area (Å²) in [6.07, 6.45) is -4.36. The number of halogens is 4. The van der Waals surface area contributed by atoms with E-state index in [-0.39, 0.29) is 17.0 Å². The lowest BCUT2D eigenvalue weighted by molar-refractivity contribution is -0.137.